The minimum Gasteiger partial charge on any atom is -0.496 e. The first-order valence-corrected chi connectivity index (χ1v) is 6.87. The second-order valence-electron chi connectivity index (χ2n) is 4.25. The third kappa shape index (κ3) is 2.73. The zero-order valence-electron chi connectivity index (χ0n) is 11.0. The number of methoxy groups -OCH3 is 1. The van der Waals surface area contributed by atoms with Crippen LogP contribution in [0.25, 0.3) is 22.8 Å². The molecule has 0 saturated heterocycles. The van der Waals surface area contributed by atoms with Crippen molar-refractivity contribution in [3.05, 3.63) is 52.5 Å². The summed E-state index contributed by atoms with van der Waals surface area (Å²) in [4.78, 5) is 4.36. The van der Waals surface area contributed by atoms with Gasteiger partial charge in [-0.1, -0.05) is 40.5 Å². The number of hydrogen-bond acceptors (Lipinski definition) is 4. The van der Waals surface area contributed by atoms with Crippen molar-refractivity contribution < 1.29 is 9.26 Å². The Labute approximate surface area is 131 Å². The van der Waals surface area contributed by atoms with Gasteiger partial charge in [0.2, 0.25) is 5.82 Å². The van der Waals surface area contributed by atoms with Gasteiger partial charge in [0.05, 0.1) is 17.7 Å². The average Bonchev–Trinajstić information content (AvgIpc) is 2.97. The van der Waals surface area contributed by atoms with Crippen molar-refractivity contribution in [1.29, 1.82) is 0 Å². The summed E-state index contributed by atoms with van der Waals surface area (Å²) in [6.45, 7) is 0. The molecule has 3 rings (SSSR count). The van der Waals surface area contributed by atoms with E-state index in [-0.39, 0.29) is 0 Å². The summed E-state index contributed by atoms with van der Waals surface area (Å²) < 4.78 is 10.6. The molecule has 0 bridgehead atoms. The van der Waals surface area contributed by atoms with Gasteiger partial charge in [-0.3, -0.25) is 0 Å². The van der Waals surface area contributed by atoms with Gasteiger partial charge < -0.3 is 9.26 Å². The highest BCUT2D eigenvalue weighted by atomic mass is 35.5. The van der Waals surface area contributed by atoms with Crippen molar-refractivity contribution >= 4 is 23.2 Å². The first-order valence-electron chi connectivity index (χ1n) is 6.11. The van der Waals surface area contributed by atoms with Crippen LogP contribution in [0.15, 0.2) is 47.0 Å². The number of nitrogens with zero attached hydrogens (tertiary/aromatic N) is 2. The first kappa shape index (κ1) is 13.9. The van der Waals surface area contributed by atoms with E-state index in [1.54, 1.807) is 31.4 Å². The van der Waals surface area contributed by atoms with Gasteiger partial charge in [-0.25, -0.2) is 0 Å². The molecule has 0 spiro atoms. The molecular formula is C15H10Cl2N2O2. The Morgan fingerprint density at radius 3 is 2.62 bits per heavy atom. The number of benzene rings is 2. The molecule has 0 aliphatic heterocycles. The topological polar surface area (TPSA) is 48.2 Å². The molecule has 0 amide bonds. The SMILES string of the molecule is COc1ccc(Cl)cc1-c1nc(-c2ccccc2Cl)no1. The predicted octanol–water partition coefficient (Wildman–Crippen LogP) is 4.72. The summed E-state index contributed by atoms with van der Waals surface area (Å²) in [5.41, 5.74) is 1.34. The van der Waals surface area contributed by atoms with Gasteiger partial charge in [0, 0.05) is 10.6 Å². The number of aromatic nitrogens is 2. The normalized spacial score (nSPS) is 10.6. The van der Waals surface area contributed by atoms with Gasteiger partial charge in [0.25, 0.3) is 5.89 Å². The molecule has 0 unspecified atom stereocenters. The number of rotatable bonds is 3. The fraction of sp³-hybridized carbons (Fsp3) is 0.0667. The molecule has 0 aliphatic carbocycles. The molecule has 0 N–H and O–H groups in total. The Balaban J connectivity index is 2.07. The first-order chi connectivity index (χ1) is 10.2. The van der Waals surface area contributed by atoms with Crippen molar-refractivity contribution in [2.24, 2.45) is 0 Å². The van der Waals surface area contributed by atoms with E-state index >= 15 is 0 Å². The van der Waals surface area contributed by atoms with E-state index in [2.05, 4.69) is 10.1 Å². The quantitative estimate of drug-likeness (QED) is 0.700. The molecule has 0 fully saturated rings. The van der Waals surface area contributed by atoms with Crippen LogP contribution in [-0.2, 0) is 0 Å². The molecule has 4 nitrogen and oxygen atoms in total. The van der Waals surface area contributed by atoms with Gasteiger partial charge in [0.1, 0.15) is 5.75 Å². The summed E-state index contributed by atoms with van der Waals surface area (Å²) >= 11 is 12.1. The standard InChI is InChI=1S/C15H10Cl2N2O2/c1-20-13-7-6-9(16)8-11(13)15-18-14(19-21-15)10-4-2-3-5-12(10)17/h2-8H,1H3. The zero-order chi connectivity index (χ0) is 14.8. The highest BCUT2D eigenvalue weighted by Gasteiger charge is 2.16. The van der Waals surface area contributed by atoms with E-state index in [0.29, 0.717) is 38.6 Å². The van der Waals surface area contributed by atoms with Crippen LogP contribution in [0.4, 0.5) is 0 Å². The Morgan fingerprint density at radius 2 is 1.86 bits per heavy atom. The molecule has 6 heteroatoms. The summed E-state index contributed by atoms with van der Waals surface area (Å²) in [6.07, 6.45) is 0. The fourth-order valence-corrected chi connectivity index (χ4v) is 2.32. The van der Waals surface area contributed by atoms with Crippen LogP contribution in [0.2, 0.25) is 10.0 Å². The summed E-state index contributed by atoms with van der Waals surface area (Å²) in [5.74, 6) is 1.34. The maximum atomic E-state index is 6.13. The van der Waals surface area contributed by atoms with Crippen LogP contribution in [-0.4, -0.2) is 17.3 Å². The lowest BCUT2D eigenvalue weighted by atomic mass is 10.2. The van der Waals surface area contributed by atoms with Gasteiger partial charge in [0.15, 0.2) is 0 Å². The van der Waals surface area contributed by atoms with E-state index in [4.69, 9.17) is 32.5 Å². The molecule has 0 atom stereocenters. The summed E-state index contributed by atoms with van der Waals surface area (Å²) in [5, 5.41) is 5.08. The van der Waals surface area contributed by atoms with Crippen LogP contribution in [0, 0.1) is 0 Å². The van der Waals surface area contributed by atoms with Crippen LogP contribution in [0.1, 0.15) is 0 Å². The van der Waals surface area contributed by atoms with Crippen LogP contribution < -0.4 is 4.74 Å². The molecule has 1 heterocycles. The molecule has 0 saturated carbocycles. The zero-order valence-corrected chi connectivity index (χ0v) is 12.5. The van der Waals surface area contributed by atoms with E-state index in [0.717, 1.165) is 0 Å². The van der Waals surface area contributed by atoms with Crippen LogP contribution in [0.3, 0.4) is 0 Å². The maximum Gasteiger partial charge on any atom is 0.262 e. The lowest BCUT2D eigenvalue weighted by Gasteiger charge is -2.04. The van der Waals surface area contributed by atoms with E-state index in [9.17, 15) is 0 Å². The molecule has 1 aromatic heterocycles. The molecular weight excluding hydrogens is 311 g/mol. The van der Waals surface area contributed by atoms with E-state index < -0.39 is 0 Å². The average molecular weight is 321 g/mol. The lowest BCUT2D eigenvalue weighted by Crippen LogP contribution is -1.88. The van der Waals surface area contributed by atoms with Crippen molar-refractivity contribution in [3.63, 3.8) is 0 Å². The number of halogens is 2. The lowest BCUT2D eigenvalue weighted by molar-refractivity contribution is 0.405. The Morgan fingerprint density at radius 1 is 1.05 bits per heavy atom. The second-order valence-corrected chi connectivity index (χ2v) is 5.09. The van der Waals surface area contributed by atoms with Gasteiger partial charge in [-0.05, 0) is 30.3 Å². The van der Waals surface area contributed by atoms with Crippen LogP contribution >= 0.6 is 23.2 Å². The monoisotopic (exact) mass is 320 g/mol. The van der Waals surface area contributed by atoms with Gasteiger partial charge in [-0.15, -0.1) is 0 Å². The minimum atomic E-state index is 0.323. The second kappa shape index (κ2) is 5.76. The van der Waals surface area contributed by atoms with Crippen molar-refractivity contribution in [3.8, 4) is 28.6 Å². The predicted molar refractivity (Wildman–Crippen MR) is 81.7 cm³/mol. The minimum absolute atomic E-state index is 0.323. The molecule has 3 aromatic rings. The molecule has 0 radical (unpaired) electrons. The Hall–Kier alpha value is -2.04. The highest BCUT2D eigenvalue weighted by molar-refractivity contribution is 6.33. The molecule has 0 aliphatic rings. The number of hydrogen-bond donors (Lipinski definition) is 0. The largest absolute Gasteiger partial charge is 0.496 e. The fourth-order valence-electron chi connectivity index (χ4n) is 1.93. The highest BCUT2D eigenvalue weighted by Crippen LogP contribution is 2.33. The summed E-state index contributed by atoms with van der Waals surface area (Å²) in [6, 6.07) is 12.5. The third-order valence-electron chi connectivity index (χ3n) is 2.93. The van der Waals surface area contributed by atoms with Crippen molar-refractivity contribution in [2.45, 2.75) is 0 Å². The Kier molecular flexibility index (Phi) is 3.82. The molecule has 21 heavy (non-hydrogen) atoms. The van der Waals surface area contributed by atoms with E-state index in [1.165, 1.54) is 0 Å². The third-order valence-corrected chi connectivity index (χ3v) is 3.50. The van der Waals surface area contributed by atoms with Crippen LogP contribution in [0.5, 0.6) is 5.75 Å². The van der Waals surface area contributed by atoms with Gasteiger partial charge in [-0.2, -0.15) is 4.98 Å². The van der Waals surface area contributed by atoms with Crippen molar-refractivity contribution in [2.75, 3.05) is 7.11 Å². The van der Waals surface area contributed by atoms with E-state index in [1.807, 2.05) is 18.2 Å². The molecule has 2 aromatic carbocycles. The summed E-state index contributed by atoms with van der Waals surface area (Å²) in [7, 11) is 1.57. The number of ether oxygens (including phenoxy) is 1. The maximum absolute atomic E-state index is 6.13. The van der Waals surface area contributed by atoms with Crippen molar-refractivity contribution in [1.82, 2.24) is 10.1 Å². The smallest absolute Gasteiger partial charge is 0.262 e. The van der Waals surface area contributed by atoms with Gasteiger partial charge >= 0.3 is 0 Å². The Bertz CT molecular complexity index is 787. The molecule has 106 valence electrons.